The first-order valence-electron chi connectivity index (χ1n) is 7.82. The van der Waals surface area contributed by atoms with Crippen LogP contribution in [0.25, 0.3) is 0 Å². The van der Waals surface area contributed by atoms with E-state index in [1.807, 2.05) is 13.0 Å². The Labute approximate surface area is 136 Å². The second kappa shape index (κ2) is 8.22. The Balaban J connectivity index is 2.16. The summed E-state index contributed by atoms with van der Waals surface area (Å²) in [7, 11) is 1.59. The van der Waals surface area contributed by atoms with Crippen LogP contribution in [0.15, 0.2) is 30.6 Å². The minimum atomic E-state index is -0.224. The number of hydrogen-bond donors (Lipinski definition) is 1. The molecule has 0 atom stereocenters. The summed E-state index contributed by atoms with van der Waals surface area (Å²) in [6.45, 7) is 5.40. The van der Waals surface area contributed by atoms with Crippen LogP contribution in [0.1, 0.15) is 37.0 Å². The number of carbonyl (C=O) groups is 1. The highest BCUT2D eigenvalue weighted by Gasteiger charge is 2.13. The average Bonchev–Trinajstić information content (AvgIpc) is 3.05. The number of anilines is 1. The number of benzene rings is 1. The van der Waals surface area contributed by atoms with Gasteiger partial charge in [-0.1, -0.05) is 13.3 Å². The summed E-state index contributed by atoms with van der Waals surface area (Å²) in [5.74, 6) is 1.07. The van der Waals surface area contributed by atoms with Gasteiger partial charge in [-0.15, -0.1) is 0 Å². The maximum atomic E-state index is 12.4. The zero-order chi connectivity index (χ0) is 16.7. The van der Waals surface area contributed by atoms with E-state index in [1.54, 1.807) is 36.3 Å². The summed E-state index contributed by atoms with van der Waals surface area (Å²) in [6, 6.07) is 5.37. The third-order valence-corrected chi connectivity index (χ3v) is 3.41. The van der Waals surface area contributed by atoms with Gasteiger partial charge < -0.3 is 14.8 Å². The van der Waals surface area contributed by atoms with Crippen LogP contribution in [0.4, 0.5) is 5.69 Å². The number of hydrogen-bond acceptors (Lipinski definition) is 4. The number of unbranched alkanes of at least 4 members (excludes halogenated alkanes) is 1. The number of carbonyl (C=O) groups excluding carboxylic acids is 1. The van der Waals surface area contributed by atoms with E-state index in [9.17, 15) is 4.79 Å². The molecule has 2 aromatic rings. The molecule has 1 amide bonds. The van der Waals surface area contributed by atoms with E-state index in [4.69, 9.17) is 9.47 Å². The van der Waals surface area contributed by atoms with E-state index in [-0.39, 0.29) is 5.91 Å². The van der Waals surface area contributed by atoms with E-state index in [2.05, 4.69) is 17.3 Å². The van der Waals surface area contributed by atoms with Gasteiger partial charge in [-0.2, -0.15) is 5.10 Å². The Bertz CT molecular complexity index is 652. The fourth-order valence-corrected chi connectivity index (χ4v) is 2.03. The zero-order valence-corrected chi connectivity index (χ0v) is 13.8. The van der Waals surface area contributed by atoms with E-state index in [0.717, 1.165) is 19.4 Å². The number of amides is 1. The Morgan fingerprint density at radius 3 is 2.83 bits per heavy atom. The van der Waals surface area contributed by atoms with Gasteiger partial charge >= 0.3 is 0 Å². The lowest BCUT2D eigenvalue weighted by Crippen LogP contribution is -2.12. The molecule has 23 heavy (non-hydrogen) atoms. The standard InChI is InChI=1S/C17H23N3O3/c1-4-6-9-23-16-8-7-14(22-3)10-15(16)19-17(21)13-11-18-20(5-2)12-13/h7-8,10-12H,4-6,9H2,1-3H3,(H,19,21). The predicted molar refractivity (Wildman–Crippen MR) is 89.3 cm³/mol. The van der Waals surface area contributed by atoms with Gasteiger partial charge in [0.25, 0.3) is 5.91 Å². The zero-order valence-electron chi connectivity index (χ0n) is 13.8. The van der Waals surface area contributed by atoms with Crippen LogP contribution in [0, 0.1) is 0 Å². The number of methoxy groups -OCH3 is 1. The molecule has 1 heterocycles. The molecule has 0 radical (unpaired) electrons. The molecule has 0 fully saturated rings. The number of aryl methyl sites for hydroxylation is 1. The number of ether oxygens (including phenoxy) is 2. The Morgan fingerprint density at radius 2 is 2.17 bits per heavy atom. The largest absolute Gasteiger partial charge is 0.497 e. The molecule has 6 nitrogen and oxygen atoms in total. The van der Waals surface area contributed by atoms with Gasteiger partial charge in [-0.25, -0.2) is 0 Å². The smallest absolute Gasteiger partial charge is 0.258 e. The van der Waals surface area contributed by atoms with Crippen LogP contribution in [0.5, 0.6) is 11.5 Å². The van der Waals surface area contributed by atoms with Crippen molar-refractivity contribution in [1.82, 2.24) is 9.78 Å². The van der Waals surface area contributed by atoms with Gasteiger partial charge in [0.15, 0.2) is 0 Å². The molecule has 0 unspecified atom stereocenters. The highest BCUT2D eigenvalue weighted by molar-refractivity contribution is 6.04. The summed E-state index contributed by atoms with van der Waals surface area (Å²) in [5, 5.41) is 6.98. The minimum absolute atomic E-state index is 0.224. The van der Waals surface area contributed by atoms with E-state index < -0.39 is 0 Å². The molecule has 6 heteroatoms. The minimum Gasteiger partial charge on any atom is -0.497 e. The van der Waals surface area contributed by atoms with Gasteiger partial charge in [0.1, 0.15) is 11.5 Å². The van der Waals surface area contributed by atoms with Crippen LogP contribution in [-0.4, -0.2) is 29.4 Å². The van der Waals surface area contributed by atoms with Crippen LogP contribution >= 0.6 is 0 Å². The molecule has 0 spiro atoms. The van der Waals surface area contributed by atoms with Gasteiger partial charge in [-0.05, 0) is 25.5 Å². The summed E-state index contributed by atoms with van der Waals surface area (Å²) < 4.78 is 12.7. The third kappa shape index (κ3) is 4.48. The van der Waals surface area contributed by atoms with Gasteiger partial charge in [0.05, 0.1) is 31.2 Å². The molecule has 2 rings (SSSR count). The summed E-state index contributed by atoms with van der Waals surface area (Å²) in [4.78, 5) is 12.4. The maximum absolute atomic E-state index is 12.4. The Hall–Kier alpha value is -2.50. The van der Waals surface area contributed by atoms with Crippen LogP contribution < -0.4 is 14.8 Å². The van der Waals surface area contributed by atoms with E-state index >= 15 is 0 Å². The molecule has 0 saturated heterocycles. The van der Waals surface area contributed by atoms with E-state index in [1.165, 1.54) is 0 Å². The Kier molecular flexibility index (Phi) is 6.02. The third-order valence-electron chi connectivity index (χ3n) is 3.41. The monoisotopic (exact) mass is 317 g/mol. The SMILES string of the molecule is CCCCOc1ccc(OC)cc1NC(=O)c1cnn(CC)c1. The second-order valence-electron chi connectivity index (χ2n) is 5.10. The molecule has 124 valence electrons. The van der Waals surface area contributed by atoms with Crippen molar-refractivity contribution in [2.24, 2.45) is 0 Å². The lowest BCUT2D eigenvalue weighted by molar-refractivity contribution is 0.102. The molecule has 0 saturated carbocycles. The summed E-state index contributed by atoms with van der Waals surface area (Å²) in [5.41, 5.74) is 1.10. The van der Waals surface area contributed by atoms with Crippen molar-refractivity contribution >= 4 is 11.6 Å². The molecule has 0 aliphatic heterocycles. The van der Waals surface area contributed by atoms with Gasteiger partial charge in [0.2, 0.25) is 0 Å². The van der Waals surface area contributed by atoms with Crippen molar-refractivity contribution in [1.29, 1.82) is 0 Å². The van der Waals surface area contributed by atoms with Crippen molar-refractivity contribution in [3.63, 3.8) is 0 Å². The van der Waals surface area contributed by atoms with E-state index in [0.29, 0.717) is 29.4 Å². The predicted octanol–water partition coefficient (Wildman–Crippen LogP) is 3.34. The summed E-state index contributed by atoms with van der Waals surface area (Å²) >= 11 is 0. The lowest BCUT2D eigenvalue weighted by Gasteiger charge is -2.13. The van der Waals surface area contributed by atoms with Gasteiger partial charge in [-0.3, -0.25) is 9.48 Å². The number of rotatable bonds is 8. The number of nitrogens with zero attached hydrogens (tertiary/aromatic N) is 2. The molecule has 0 aliphatic rings. The van der Waals surface area contributed by atoms with Crippen molar-refractivity contribution in [2.75, 3.05) is 19.0 Å². The molecular formula is C17H23N3O3. The fourth-order valence-electron chi connectivity index (χ4n) is 2.03. The highest BCUT2D eigenvalue weighted by atomic mass is 16.5. The van der Waals surface area contributed by atoms with Crippen LogP contribution in [0.3, 0.4) is 0 Å². The summed E-state index contributed by atoms with van der Waals surface area (Å²) in [6.07, 6.45) is 5.28. The number of aromatic nitrogens is 2. The number of nitrogens with one attached hydrogen (secondary N) is 1. The molecule has 1 N–H and O–H groups in total. The maximum Gasteiger partial charge on any atom is 0.258 e. The fraction of sp³-hybridized carbons (Fsp3) is 0.412. The van der Waals surface area contributed by atoms with Crippen molar-refractivity contribution in [2.45, 2.75) is 33.2 Å². The molecule has 1 aromatic heterocycles. The van der Waals surface area contributed by atoms with Crippen molar-refractivity contribution in [3.05, 3.63) is 36.2 Å². The first kappa shape index (κ1) is 16.9. The van der Waals surface area contributed by atoms with Gasteiger partial charge in [0, 0.05) is 18.8 Å². The average molecular weight is 317 g/mol. The molecule has 0 aliphatic carbocycles. The second-order valence-corrected chi connectivity index (χ2v) is 5.10. The Morgan fingerprint density at radius 1 is 1.35 bits per heavy atom. The van der Waals surface area contributed by atoms with Crippen molar-refractivity contribution < 1.29 is 14.3 Å². The molecular weight excluding hydrogens is 294 g/mol. The van der Waals surface area contributed by atoms with Crippen LogP contribution in [0.2, 0.25) is 0 Å². The van der Waals surface area contributed by atoms with Crippen molar-refractivity contribution in [3.8, 4) is 11.5 Å². The van der Waals surface area contributed by atoms with Crippen LogP contribution in [-0.2, 0) is 6.54 Å². The first-order valence-corrected chi connectivity index (χ1v) is 7.82. The normalized spacial score (nSPS) is 10.4. The topological polar surface area (TPSA) is 65.4 Å². The lowest BCUT2D eigenvalue weighted by atomic mass is 10.2. The molecule has 1 aromatic carbocycles. The molecule has 0 bridgehead atoms. The quantitative estimate of drug-likeness (QED) is 0.758. The first-order chi connectivity index (χ1) is 11.2. The highest BCUT2D eigenvalue weighted by Crippen LogP contribution is 2.29.